The Bertz CT molecular complexity index is 1120. The average molecular weight is 446 g/mol. The van der Waals surface area contributed by atoms with Crippen LogP contribution in [0.3, 0.4) is 0 Å². The van der Waals surface area contributed by atoms with Gasteiger partial charge in [-0.2, -0.15) is 0 Å². The minimum atomic E-state index is -0.664. The molecule has 0 saturated carbocycles. The molecular weight excluding hydrogens is 430 g/mol. The van der Waals surface area contributed by atoms with Crippen LogP contribution in [0.25, 0.3) is 6.08 Å². The second kappa shape index (κ2) is 8.68. The zero-order valence-corrected chi connectivity index (χ0v) is 17.5. The molecule has 3 amide bonds. The van der Waals surface area contributed by atoms with Crippen LogP contribution in [-0.4, -0.2) is 33.4 Å². The predicted molar refractivity (Wildman–Crippen MR) is 115 cm³/mol. The molecule has 1 saturated heterocycles. The van der Waals surface area contributed by atoms with Crippen LogP contribution in [-0.2, 0) is 9.59 Å². The molecule has 0 atom stereocenters. The second-order valence-electron chi connectivity index (χ2n) is 6.58. The number of thioether (sulfide) groups is 1. The second-order valence-corrected chi connectivity index (χ2v) is 7.98. The van der Waals surface area contributed by atoms with E-state index in [4.69, 9.17) is 11.6 Å². The zero-order chi connectivity index (χ0) is 22.0. The fourth-order valence-corrected chi connectivity index (χ4v) is 3.70. The Hall–Kier alpha value is -3.17. The van der Waals surface area contributed by atoms with Gasteiger partial charge < -0.3 is 5.32 Å². The van der Waals surface area contributed by atoms with Gasteiger partial charge in [-0.1, -0.05) is 17.7 Å². The lowest BCUT2D eigenvalue weighted by Gasteiger charge is -2.13. The highest BCUT2D eigenvalue weighted by molar-refractivity contribution is 8.18. The molecule has 1 aliphatic rings. The zero-order valence-electron chi connectivity index (χ0n) is 16.0. The van der Waals surface area contributed by atoms with E-state index in [-0.39, 0.29) is 21.2 Å². The number of nitrogens with zero attached hydrogens (tertiary/aromatic N) is 2. The van der Waals surface area contributed by atoms with Crippen LogP contribution in [0.1, 0.15) is 16.7 Å². The fourth-order valence-electron chi connectivity index (χ4n) is 2.70. The van der Waals surface area contributed by atoms with E-state index in [2.05, 4.69) is 5.32 Å². The molecule has 0 unspecified atom stereocenters. The van der Waals surface area contributed by atoms with Crippen LogP contribution in [0.5, 0.6) is 0 Å². The lowest BCUT2D eigenvalue weighted by atomic mass is 10.1. The third kappa shape index (κ3) is 4.69. The van der Waals surface area contributed by atoms with Gasteiger partial charge in [-0.3, -0.25) is 29.4 Å². The first-order chi connectivity index (χ1) is 14.2. The Labute approximate surface area is 181 Å². The Balaban J connectivity index is 1.75. The normalized spacial score (nSPS) is 15.0. The lowest BCUT2D eigenvalue weighted by molar-refractivity contribution is -0.384. The monoisotopic (exact) mass is 445 g/mol. The first-order valence-corrected chi connectivity index (χ1v) is 9.91. The minimum Gasteiger partial charge on any atom is -0.325 e. The molecule has 1 aliphatic heterocycles. The Morgan fingerprint density at radius 1 is 1.20 bits per heavy atom. The van der Waals surface area contributed by atoms with Gasteiger partial charge >= 0.3 is 0 Å². The van der Waals surface area contributed by atoms with Crippen LogP contribution in [0.15, 0.2) is 41.3 Å². The maximum absolute atomic E-state index is 12.6. The van der Waals surface area contributed by atoms with Crippen molar-refractivity contribution >= 4 is 57.9 Å². The number of nitro benzene ring substituents is 1. The number of aryl methyl sites for hydroxylation is 2. The van der Waals surface area contributed by atoms with Crippen molar-refractivity contribution in [1.82, 2.24) is 4.90 Å². The molecule has 154 valence electrons. The van der Waals surface area contributed by atoms with E-state index < -0.39 is 28.5 Å². The van der Waals surface area contributed by atoms with Gasteiger partial charge in [0.1, 0.15) is 6.54 Å². The maximum Gasteiger partial charge on any atom is 0.294 e. The van der Waals surface area contributed by atoms with E-state index >= 15 is 0 Å². The summed E-state index contributed by atoms with van der Waals surface area (Å²) in [4.78, 5) is 48.4. The fraction of sp³-hybridized carbons (Fsp3) is 0.150. The van der Waals surface area contributed by atoms with E-state index in [0.29, 0.717) is 17.4 Å². The highest BCUT2D eigenvalue weighted by Gasteiger charge is 2.36. The number of nitro groups is 1. The molecule has 10 heteroatoms. The summed E-state index contributed by atoms with van der Waals surface area (Å²) in [5.74, 6) is -1.18. The Morgan fingerprint density at radius 2 is 1.93 bits per heavy atom. The van der Waals surface area contributed by atoms with Crippen LogP contribution >= 0.6 is 23.4 Å². The van der Waals surface area contributed by atoms with Crippen molar-refractivity contribution in [2.45, 2.75) is 13.8 Å². The first-order valence-electron chi connectivity index (χ1n) is 8.72. The van der Waals surface area contributed by atoms with Crippen LogP contribution in [0, 0.1) is 24.0 Å². The summed E-state index contributed by atoms with van der Waals surface area (Å²) in [6.45, 7) is 3.41. The molecule has 1 N–H and O–H groups in total. The van der Waals surface area contributed by atoms with Crippen LogP contribution < -0.4 is 5.32 Å². The van der Waals surface area contributed by atoms with Crippen molar-refractivity contribution in [1.29, 1.82) is 0 Å². The molecule has 1 fully saturated rings. The summed E-state index contributed by atoms with van der Waals surface area (Å²) < 4.78 is 0. The number of hydrogen-bond acceptors (Lipinski definition) is 6. The standard InChI is InChI=1S/C20H16ClN3O5S/c1-11-3-4-14(7-12(11)2)22-18(25)10-23-19(26)17(30-20(23)27)9-13-8-15(24(28)29)5-6-16(13)21/h3-9H,10H2,1-2H3,(H,22,25). The SMILES string of the molecule is Cc1ccc(NC(=O)CN2C(=O)SC(=Cc3cc([N+](=O)[O-])ccc3Cl)C2=O)cc1C. The number of halogens is 1. The molecule has 1 heterocycles. The molecule has 0 radical (unpaired) electrons. The van der Waals surface area contributed by atoms with Crippen molar-refractivity contribution in [3.8, 4) is 0 Å². The molecule has 30 heavy (non-hydrogen) atoms. The summed E-state index contributed by atoms with van der Waals surface area (Å²) in [5.41, 5.74) is 2.67. The highest BCUT2D eigenvalue weighted by Crippen LogP contribution is 2.34. The number of benzene rings is 2. The minimum absolute atomic E-state index is 0.0291. The molecule has 0 spiro atoms. The van der Waals surface area contributed by atoms with E-state index in [0.717, 1.165) is 16.0 Å². The highest BCUT2D eigenvalue weighted by atomic mass is 35.5. The van der Waals surface area contributed by atoms with Gasteiger partial charge in [0.15, 0.2) is 0 Å². The smallest absolute Gasteiger partial charge is 0.294 e. The number of rotatable bonds is 5. The van der Waals surface area contributed by atoms with E-state index in [1.165, 1.54) is 24.3 Å². The van der Waals surface area contributed by atoms with Gasteiger partial charge in [-0.05, 0) is 61.0 Å². The Morgan fingerprint density at radius 3 is 2.60 bits per heavy atom. The van der Waals surface area contributed by atoms with Crippen molar-refractivity contribution in [2.24, 2.45) is 0 Å². The first kappa shape index (κ1) is 21.5. The number of non-ortho nitro benzene ring substituents is 1. The quantitative estimate of drug-likeness (QED) is 0.411. The van der Waals surface area contributed by atoms with Crippen molar-refractivity contribution in [3.63, 3.8) is 0 Å². The average Bonchev–Trinajstić information content (AvgIpc) is 2.93. The van der Waals surface area contributed by atoms with E-state index in [9.17, 15) is 24.5 Å². The number of hydrogen-bond donors (Lipinski definition) is 1. The van der Waals surface area contributed by atoms with Gasteiger partial charge in [0, 0.05) is 28.4 Å². The molecule has 3 rings (SSSR count). The summed E-state index contributed by atoms with van der Waals surface area (Å²) >= 11 is 6.69. The van der Waals surface area contributed by atoms with Gasteiger partial charge in [0.25, 0.3) is 16.8 Å². The summed E-state index contributed by atoms with van der Waals surface area (Å²) in [7, 11) is 0. The van der Waals surface area contributed by atoms with Crippen molar-refractivity contribution in [3.05, 3.63) is 73.1 Å². The molecule has 8 nitrogen and oxygen atoms in total. The summed E-state index contributed by atoms with van der Waals surface area (Å²) in [6, 6.07) is 9.18. The van der Waals surface area contributed by atoms with Gasteiger partial charge in [-0.25, -0.2) is 0 Å². The molecule has 0 aromatic heterocycles. The number of carbonyl (C=O) groups excluding carboxylic acids is 3. The third-order valence-corrected chi connectivity index (χ3v) is 5.69. The lowest BCUT2D eigenvalue weighted by Crippen LogP contribution is -2.36. The van der Waals surface area contributed by atoms with Crippen molar-refractivity contribution in [2.75, 3.05) is 11.9 Å². The maximum atomic E-state index is 12.6. The van der Waals surface area contributed by atoms with Crippen molar-refractivity contribution < 1.29 is 19.3 Å². The summed E-state index contributed by atoms with van der Waals surface area (Å²) in [6.07, 6.45) is 1.31. The topological polar surface area (TPSA) is 110 Å². The van der Waals surface area contributed by atoms with Gasteiger partial charge in [0.2, 0.25) is 5.91 Å². The number of nitrogens with one attached hydrogen (secondary N) is 1. The molecule has 2 aromatic rings. The number of imide groups is 1. The van der Waals surface area contributed by atoms with E-state index in [1.54, 1.807) is 12.1 Å². The van der Waals surface area contributed by atoms with E-state index in [1.807, 2.05) is 19.9 Å². The molecular formula is C20H16ClN3O5S. The van der Waals surface area contributed by atoms with Crippen LogP contribution in [0.4, 0.5) is 16.2 Å². The third-order valence-electron chi connectivity index (χ3n) is 4.44. The molecule has 0 bridgehead atoms. The largest absolute Gasteiger partial charge is 0.325 e. The molecule has 0 aliphatic carbocycles. The number of amides is 3. The number of carbonyl (C=O) groups is 3. The summed E-state index contributed by atoms with van der Waals surface area (Å²) in [5, 5.41) is 13.2. The molecule has 2 aromatic carbocycles. The predicted octanol–water partition coefficient (Wildman–Crippen LogP) is 4.54. The van der Waals surface area contributed by atoms with Crippen LogP contribution in [0.2, 0.25) is 5.02 Å². The van der Waals surface area contributed by atoms with Gasteiger partial charge in [-0.15, -0.1) is 0 Å². The van der Waals surface area contributed by atoms with Gasteiger partial charge in [0.05, 0.1) is 9.83 Å². The Kier molecular flexibility index (Phi) is 6.23. The number of anilines is 1.